The highest BCUT2D eigenvalue weighted by Crippen LogP contribution is 2.44. The van der Waals surface area contributed by atoms with Crippen molar-refractivity contribution in [2.75, 3.05) is 7.11 Å². The van der Waals surface area contributed by atoms with Crippen molar-refractivity contribution in [1.82, 2.24) is 0 Å². The molecule has 0 bridgehead atoms. The molecule has 0 amide bonds. The Morgan fingerprint density at radius 1 is 1.04 bits per heavy atom. The van der Waals surface area contributed by atoms with Gasteiger partial charge in [-0.3, -0.25) is 9.59 Å². The van der Waals surface area contributed by atoms with Crippen molar-refractivity contribution < 1.29 is 14.3 Å². The molecule has 0 saturated heterocycles. The fraction of sp³-hybridized carbons (Fsp3) is 0.652. The average molecular weight is 361 g/mol. The molecule has 0 N–H and O–H groups in total. The molecule has 0 aromatic carbocycles. The SMILES string of the molecule is C/C=C/CCC(=O)/C=C/[C@@H]1[C@@H](C/C=C\CCCC(=O)OC)[C@@H](C)C[C@H]1C. The van der Waals surface area contributed by atoms with Gasteiger partial charge in [0.15, 0.2) is 5.78 Å². The first kappa shape index (κ1) is 22.4. The van der Waals surface area contributed by atoms with E-state index in [1.54, 1.807) is 0 Å². The summed E-state index contributed by atoms with van der Waals surface area (Å²) in [5.41, 5.74) is 0. The van der Waals surface area contributed by atoms with Crippen molar-refractivity contribution in [2.45, 2.75) is 65.7 Å². The summed E-state index contributed by atoms with van der Waals surface area (Å²) in [5.74, 6) is 2.48. The van der Waals surface area contributed by atoms with Gasteiger partial charge in [0.1, 0.15) is 0 Å². The van der Waals surface area contributed by atoms with Crippen LogP contribution >= 0.6 is 0 Å². The maximum Gasteiger partial charge on any atom is 0.305 e. The summed E-state index contributed by atoms with van der Waals surface area (Å²) in [7, 11) is 1.43. The number of carbonyl (C=O) groups excluding carboxylic acids is 2. The first-order chi connectivity index (χ1) is 12.5. The van der Waals surface area contributed by atoms with E-state index >= 15 is 0 Å². The fourth-order valence-corrected chi connectivity index (χ4v) is 3.97. The zero-order valence-corrected chi connectivity index (χ0v) is 16.9. The summed E-state index contributed by atoms with van der Waals surface area (Å²) < 4.78 is 4.65. The first-order valence-corrected chi connectivity index (χ1v) is 10.0. The number of unbranched alkanes of at least 4 members (excludes halogenated alkanes) is 1. The van der Waals surface area contributed by atoms with Crippen LogP contribution in [0.25, 0.3) is 0 Å². The smallest absolute Gasteiger partial charge is 0.305 e. The van der Waals surface area contributed by atoms with Gasteiger partial charge in [-0.05, 0) is 68.8 Å². The largest absolute Gasteiger partial charge is 0.469 e. The highest BCUT2D eigenvalue weighted by atomic mass is 16.5. The number of esters is 1. The third-order valence-electron chi connectivity index (χ3n) is 5.48. The molecule has 0 aliphatic heterocycles. The molecule has 3 heteroatoms. The van der Waals surface area contributed by atoms with E-state index in [2.05, 4.69) is 36.8 Å². The quantitative estimate of drug-likeness (QED) is 0.206. The van der Waals surface area contributed by atoms with E-state index in [0.29, 0.717) is 36.5 Å². The van der Waals surface area contributed by atoms with Crippen molar-refractivity contribution in [2.24, 2.45) is 23.7 Å². The van der Waals surface area contributed by atoms with Crippen molar-refractivity contribution in [3.05, 3.63) is 36.5 Å². The Hall–Kier alpha value is -1.64. The van der Waals surface area contributed by atoms with Crippen LogP contribution in [0.15, 0.2) is 36.5 Å². The van der Waals surface area contributed by atoms with Crippen LogP contribution in [-0.4, -0.2) is 18.9 Å². The molecule has 1 aliphatic rings. The predicted octanol–water partition coefficient (Wildman–Crippen LogP) is 5.67. The summed E-state index contributed by atoms with van der Waals surface area (Å²) in [6.45, 7) is 6.61. The summed E-state index contributed by atoms with van der Waals surface area (Å²) in [6, 6.07) is 0. The normalized spacial score (nSPS) is 26.3. The monoisotopic (exact) mass is 360 g/mol. The molecule has 1 saturated carbocycles. The van der Waals surface area contributed by atoms with E-state index in [4.69, 9.17) is 0 Å². The van der Waals surface area contributed by atoms with Crippen LogP contribution in [0, 0.1) is 23.7 Å². The Morgan fingerprint density at radius 2 is 1.81 bits per heavy atom. The molecular weight excluding hydrogens is 324 g/mol. The minimum absolute atomic E-state index is 0.138. The summed E-state index contributed by atoms with van der Waals surface area (Å²) in [4.78, 5) is 23.1. The molecule has 0 aromatic rings. The average Bonchev–Trinajstić information content (AvgIpc) is 2.89. The lowest BCUT2D eigenvalue weighted by molar-refractivity contribution is -0.140. The standard InChI is InChI=1S/C23H36O3/c1-5-6-9-12-20(24)15-16-22-19(3)17-18(2)21(22)13-10-7-8-11-14-23(25)26-4/h5-7,10,15-16,18-19,21-22H,8-9,11-14,17H2,1-4H3/b6-5+,10-7-,16-15+/t18-,19+,21-,22-/m0/s1. The third-order valence-corrected chi connectivity index (χ3v) is 5.48. The Labute approximate surface area is 159 Å². The highest BCUT2D eigenvalue weighted by Gasteiger charge is 2.36. The predicted molar refractivity (Wildman–Crippen MR) is 108 cm³/mol. The van der Waals surface area contributed by atoms with Gasteiger partial charge in [0.2, 0.25) is 0 Å². The molecule has 0 aromatic heterocycles. The lowest BCUT2D eigenvalue weighted by Crippen LogP contribution is -2.13. The van der Waals surface area contributed by atoms with Gasteiger partial charge in [-0.1, -0.05) is 44.2 Å². The van der Waals surface area contributed by atoms with Crippen LogP contribution in [0.3, 0.4) is 0 Å². The Kier molecular flexibility index (Phi) is 10.9. The minimum Gasteiger partial charge on any atom is -0.469 e. The molecule has 0 spiro atoms. The maximum atomic E-state index is 12.0. The topological polar surface area (TPSA) is 43.4 Å². The van der Waals surface area contributed by atoms with Gasteiger partial charge >= 0.3 is 5.97 Å². The molecule has 1 fully saturated rings. The van der Waals surface area contributed by atoms with Crippen LogP contribution in [-0.2, 0) is 14.3 Å². The number of ether oxygens (including phenoxy) is 1. The van der Waals surface area contributed by atoms with Crippen molar-refractivity contribution in [3.63, 3.8) is 0 Å². The number of hydrogen-bond donors (Lipinski definition) is 0. The molecule has 4 atom stereocenters. The van der Waals surface area contributed by atoms with Crippen LogP contribution in [0.1, 0.15) is 65.7 Å². The summed E-state index contributed by atoms with van der Waals surface area (Å²) in [5, 5.41) is 0. The van der Waals surface area contributed by atoms with Crippen LogP contribution < -0.4 is 0 Å². The molecule has 26 heavy (non-hydrogen) atoms. The number of rotatable bonds is 11. The summed E-state index contributed by atoms with van der Waals surface area (Å²) in [6.07, 6.45) is 18.4. The van der Waals surface area contributed by atoms with E-state index in [-0.39, 0.29) is 11.8 Å². The minimum atomic E-state index is -0.138. The van der Waals surface area contributed by atoms with Crippen molar-refractivity contribution in [1.29, 1.82) is 0 Å². The second kappa shape index (κ2) is 12.7. The molecule has 1 rings (SSSR count). The zero-order valence-electron chi connectivity index (χ0n) is 16.9. The number of carbonyl (C=O) groups is 2. The van der Waals surface area contributed by atoms with E-state index in [0.717, 1.165) is 25.7 Å². The molecular formula is C23H36O3. The van der Waals surface area contributed by atoms with E-state index < -0.39 is 0 Å². The molecule has 1 aliphatic carbocycles. The molecule has 0 heterocycles. The van der Waals surface area contributed by atoms with Crippen LogP contribution in [0.4, 0.5) is 0 Å². The van der Waals surface area contributed by atoms with Gasteiger partial charge in [-0.15, -0.1) is 0 Å². The molecule has 3 nitrogen and oxygen atoms in total. The van der Waals surface area contributed by atoms with Gasteiger partial charge in [-0.25, -0.2) is 0 Å². The molecule has 0 unspecified atom stereocenters. The van der Waals surface area contributed by atoms with Crippen molar-refractivity contribution in [3.8, 4) is 0 Å². The second-order valence-corrected chi connectivity index (χ2v) is 7.54. The second-order valence-electron chi connectivity index (χ2n) is 7.54. The van der Waals surface area contributed by atoms with E-state index in [9.17, 15) is 9.59 Å². The lowest BCUT2D eigenvalue weighted by Gasteiger charge is -2.20. The fourth-order valence-electron chi connectivity index (χ4n) is 3.97. The Morgan fingerprint density at radius 3 is 2.50 bits per heavy atom. The number of allylic oxidation sites excluding steroid dienone is 6. The zero-order chi connectivity index (χ0) is 19.4. The van der Waals surface area contributed by atoms with Gasteiger partial charge in [0.25, 0.3) is 0 Å². The third kappa shape index (κ3) is 8.16. The summed E-state index contributed by atoms with van der Waals surface area (Å²) >= 11 is 0. The number of methoxy groups -OCH3 is 1. The lowest BCUT2D eigenvalue weighted by atomic mass is 9.84. The van der Waals surface area contributed by atoms with E-state index in [1.807, 2.05) is 25.2 Å². The van der Waals surface area contributed by atoms with Crippen molar-refractivity contribution >= 4 is 11.8 Å². The van der Waals surface area contributed by atoms with Crippen LogP contribution in [0.2, 0.25) is 0 Å². The van der Waals surface area contributed by atoms with Gasteiger partial charge in [0, 0.05) is 12.8 Å². The highest BCUT2D eigenvalue weighted by molar-refractivity contribution is 5.89. The first-order valence-electron chi connectivity index (χ1n) is 10.0. The van der Waals surface area contributed by atoms with Gasteiger partial charge in [0.05, 0.1) is 7.11 Å². The Bertz CT molecular complexity index is 516. The maximum absolute atomic E-state index is 12.0. The number of ketones is 1. The van der Waals surface area contributed by atoms with E-state index in [1.165, 1.54) is 13.5 Å². The van der Waals surface area contributed by atoms with Gasteiger partial charge in [-0.2, -0.15) is 0 Å². The Balaban J connectivity index is 2.48. The molecule has 146 valence electrons. The van der Waals surface area contributed by atoms with Gasteiger partial charge < -0.3 is 4.74 Å². The molecule has 0 radical (unpaired) electrons. The van der Waals surface area contributed by atoms with Crippen LogP contribution in [0.5, 0.6) is 0 Å². The number of hydrogen-bond acceptors (Lipinski definition) is 3.